The Morgan fingerprint density at radius 3 is 2.44 bits per heavy atom. The molecule has 0 bridgehead atoms. The van der Waals surface area contributed by atoms with E-state index in [2.05, 4.69) is 0 Å². The summed E-state index contributed by atoms with van der Waals surface area (Å²) >= 11 is 0. The van der Waals surface area contributed by atoms with Crippen LogP contribution in [0.2, 0.25) is 0 Å². The van der Waals surface area contributed by atoms with Crippen molar-refractivity contribution in [2.45, 2.75) is 19.8 Å². The minimum absolute atomic E-state index is 0.303. The number of amides is 1. The van der Waals surface area contributed by atoms with Crippen molar-refractivity contribution in [1.82, 2.24) is 4.90 Å². The van der Waals surface area contributed by atoms with Crippen LogP contribution in [0.3, 0.4) is 0 Å². The molecule has 0 atom stereocenters. The van der Waals surface area contributed by atoms with E-state index in [-0.39, 0.29) is 5.82 Å². The van der Waals surface area contributed by atoms with Gasteiger partial charge < -0.3 is 14.1 Å². The molecule has 2 aromatic carbocycles. The van der Waals surface area contributed by atoms with Gasteiger partial charge in [0.2, 0.25) is 0 Å². The molecule has 0 aliphatic rings. The van der Waals surface area contributed by atoms with E-state index in [4.69, 9.17) is 9.15 Å². The molecule has 0 saturated carbocycles. The monoisotopic (exact) mass is 369 g/mol. The zero-order valence-corrected chi connectivity index (χ0v) is 15.4. The fraction of sp³-hybridized carbons (Fsp3) is 0.238. The fourth-order valence-corrected chi connectivity index (χ4v) is 2.93. The molecule has 3 aromatic rings. The van der Waals surface area contributed by atoms with Crippen molar-refractivity contribution >= 4 is 17.1 Å². The number of hydrogen-bond acceptors (Lipinski definition) is 4. The van der Waals surface area contributed by atoms with Gasteiger partial charge >= 0.3 is 11.7 Å². The second-order valence-corrected chi connectivity index (χ2v) is 6.42. The number of ether oxygens (including phenoxy) is 1. The number of halogens is 1. The largest absolute Gasteiger partial charge is 0.422 e. The van der Waals surface area contributed by atoms with Crippen LogP contribution in [-0.2, 0) is 12.8 Å². The highest BCUT2D eigenvalue weighted by atomic mass is 19.1. The maximum atomic E-state index is 13.1. The van der Waals surface area contributed by atoms with Crippen LogP contribution in [0, 0.1) is 5.82 Å². The van der Waals surface area contributed by atoms with E-state index in [1.165, 1.54) is 17.0 Å². The van der Waals surface area contributed by atoms with E-state index < -0.39 is 11.7 Å². The summed E-state index contributed by atoms with van der Waals surface area (Å²) in [6.07, 6.45) is 0.481. The maximum Gasteiger partial charge on any atom is 0.414 e. The van der Waals surface area contributed by atoms with Crippen LogP contribution < -0.4 is 10.4 Å². The molecule has 1 aromatic heterocycles. The van der Waals surface area contributed by atoms with Crippen molar-refractivity contribution in [3.05, 3.63) is 75.4 Å². The van der Waals surface area contributed by atoms with Crippen LogP contribution >= 0.6 is 0 Å². The van der Waals surface area contributed by atoms with Crippen molar-refractivity contribution in [2.24, 2.45) is 0 Å². The standard InChI is InChI=1S/C21H20FNO4/c1-4-16-17-10-9-15(26-21(25)23(2)3)12-19(17)27-20(24)18(16)11-13-5-7-14(22)8-6-13/h5-10,12H,4,11H2,1-3H3. The number of fused-ring (bicyclic) bond motifs is 1. The van der Waals surface area contributed by atoms with Crippen LogP contribution in [0.25, 0.3) is 11.0 Å². The van der Waals surface area contributed by atoms with Crippen molar-refractivity contribution in [2.75, 3.05) is 14.1 Å². The van der Waals surface area contributed by atoms with Crippen LogP contribution in [0.5, 0.6) is 5.75 Å². The smallest absolute Gasteiger partial charge is 0.414 e. The Bertz CT molecular complexity index is 1040. The number of nitrogens with zero attached hydrogens (tertiary/aromatic N) is 1. The van der Waals surface area contributed by atoms with Gasteiger partial charge in [0, 0.05) is 37.5 Å². The van der Waals surface area contributed by atoms with Gasteiger partial charge in [-0.2, -0.15) is 0 Å². The number of rotatable bonds is 4. The molecule has 0 spiro atoms. The summed E-state index contributed by atoms with van der Waals surface area (Å²) in [6.45, 7) is 1.96. The van der Waals surface area contributed by atoms with Gasteiger partial charge in [-0.3, -0.25) is 0 Å². The third kappa shape index (κ3) is 4.00. The minimum atomic E-state index is -0.514. The van der Waals surface area contributed by atoms with Gasteiger partial charge in [0.05, 0.1) is 0 Å². The second-order valence-electron chi connectivity index (χ2n) is 6.42. The summed E-state index contributed by atoms with van der Waals surface area (Å²) in [7, 11) is 3.17. The summed E-state index contributed by atoms with van der Waals surface area (Å²) in [4.78, 5) is 25.6. The first kappa shape index (κ1) is 18.6. The highest BCUT2D eigenvalue weighted by Crippen LogP contribution is 2.26. The average Bonchev–Trinajstić information content (AvgIpc) is 2.64. The van der Waals surface area contributed by atoms with E-state index in [1.807, 2.05) is 6.92 Å². The average molecular weight is 369 g/mol. The molecular formula is C21H20FNO4. The molecule has 140 valence electrons. The van der Waals surface area contributed by atoms with E-state index in [0.717, 1.165) is 16.5 Å². The molecule has 3 rings (SSSR count). The molecule has 27 heavy (non-hydrogen) atoms. The van der Waals surface area contributed by atoms with Crippen molar-refractivity contribution in [3.63, 3.8) is 0 Å². The first-order valence-corrected chi connectivity index (χ1v) is 8.61. The summed E-state index contributed by atoms with van der Waals surface area (Å²) in [6, 6.07) is 11.0. The van der Waals surface area contributed by atoms with Gasteiger partial charge in [0.15, 0.2) is 0 Å². The lowest BCUT2D eigenvalue weighted by Crippen LogP contribution is -2.25. The predicted molar refractivity (Wildman–Crippen MR) is 101 cm³/mol. The number of carbonyl (C=O) groups excluding carboxylic acids is 1. The van der Waals surface area contributed by atoms with Gasteiger partial charge in [-0.05, 0) is 41.8 Å². The van der Waals surface area contributed by atoms with E-state index in [0.29, 0.717) is 29.7 Å². The highest BCUT2D eigenvalue weighted by molar-refractivity contribution is 5.83. The lowest BCUT2D eigenvalue weighted by molar-refractivity contribution is 0.172. The normalized spacial score (nSPS) is 10.8. The molecule has 0 unspecified atom stereocenters. The topological polar surface area (TPSA) is 59.8 Å². The number of benzene rings is 2. The quantitative estimate of drug-likeness (QED) is 0.649. The molecule has 0 saturated heterocycles. The summed E-state index contributed by atoms with van der Waals surface area (Å²) in [5, 5.41) is 0.791. The molecule has 0 aliphatic heterocycles. The molecule has 0 N–H and O–H groups in total. The Balaban J connectivity index is 2.03. The van der Waals surface area contributed by atoms with Crippen molar-refractivity contribution < 1.29 is 18.3 Å². The second kappa shape index (κ2) is 7.61. The van der Waals surface area contributed by atoms with Crippen molar-refractivity contribution in [3.8, 4) is 5.75 Å². The molecule has 6 heteroatoms. The molecule has 1 heterocycles. The summed E-state index contributed by atoms with van der Waals surface area (Å²) in [5.41, 5.74) is 2.17. The molecular weight excluding hydrogens is 349 g/mol. The molecule has 0 aliphatic carbocycles. The lowest BCUT2D eigenvalue weighted by atomic mass is 9.97. The molecule has 0 fully saturated rings. The minimum Gasteiger partial charge on any atom is -0.422 e. The third-order valence-corrected chi connectivity index (χ3v) is 4.31. The highest BCUT2D eigenvalue weighted by Gasteiger charge is 2.16. The van der Waals surface area contributed by atoms with Gasteiger partial charge in [-0.25, -0.2) is 14.0 Å². The number of aryl methyl sites for hydroxylation is 1. The Morgan fingerprint density at radius 1 is 1.11 bits per heavy atom. The predicted octanol–water partition coefficient (Wildman–Crippen LogP) is 4.15. The van der Waals surface area contributed by atoms with Gasteiger partial charge in [0.1, 0.15) is 17.1 Å². The fourth-order valence-electron chi connectivity index (χ4n) is 2.93. The van der Waals surface area contributed by atoms with Crippen LogP contribution in [0.4, 0.5) is 9.18 Å². The molecule has 1 amide bonds. The Kier molecular flexibility index (Phi) is 5.26. The van der Waals surface area contributed by atoms with E-state index in [1.54, 1.807) is 44.4 Å². The summed E-state index contributed by atoms with van der Waals surface area (Å²) in [5.74, 6) is -0.0162. The lowest BCUT2D eigenvalue weighted by Gasteiger charge is -2.13. The zero-order chi connectivity index (χ0) is 19.6. The Labute approximate surface area is 156 Å². The number of carbonyl (C=O) groups is 1. The SMILES string of the molecule is CCc1c(Cc2ccc(F)cc2)c(=O)oc2cc(OC(=O)N(C)C)ccc12. The third-order valence-electron chi connectivity index (χ3n) is 4.31. The first-order valence-electron chi connectivity index (χ1n) is 8.61. The molecule has 0 radical (unpaired) electrons. The molecule has 5 nitrogen and oxygen atoms in total. The van der Waals surface area contributed by atoms with Crippen molar-refractivity contribution in [1.29, 1.82) is 0 Å². The van der Waals surface area contributed by atoms with Crippen LogP contribution in [0.15, 0.2) is 51.7 Å². The van der Waals surface area contributed by atoms with Crippen LogP contribution in [0.1, 0.15) is 23.6 Å². The number of hydrogen-bond donors (Lipinski definition) is 0. The Hall–Kier alpha value is -3.15. The Morgan fingerprint density at radius 2 is 1.81 bits per heavy atom. The van der Waals surface area contributed by atoms with E-state index >= 15 is 0 Å². The van der Waals surface area contributed by atoms with Crippen LogP contribution in [-0.4, -0.2) is 25.1 Å². The van der Waals surface area contributed by atoms with Gasteiger partial charge in [0.25, 0.3) is 0 Å². The van der Waals surface area contributed by atoms with E-state index in [9.17, 15) is 14.0 Å². The maximum absolute atomic E-state index is 13.1. The zero-order valence-electron chi connectivity index (χ0n) is 15.4. The van der Waals surface area contributed by atoms with Gasteiger partial charge in [-0.1, -0.05) is 19.1 Å². The summed E-state index contributed by atoms with van der Waals surface area (Å²) < 4.78 is 23.8. The first-order chi connectivity index (χ1) is 12.9. The van der Waals surface area contributed by atoms with Gasteiger partial charge in [-0.15, -0.1) is 0 Å².